The van der Waals surface area contributed by atoms with Gasteiger partial charge in [0.15, 0.2) is 0 Å². The van der Waals surface area contributed by atoms with E-state index in [0.29, 0.717) is 5.75 Å². The smallest absolute Gasteiger partial charge is 0.372 e. The van der Waals surface area contributed by atoms with Crippen LogP contribution in [-0.2, 0) is 12.8 Å². The molecule has 1 aromatic carbocycles. The van der Waals surface area contributed by atoms with Gasteiger partial charge < -0.3 is 10.5 Å². The number of anilines is 1. The van der Waals surface area contributed by atoms with Crippen LogP contribution in [0.1, 0.15) is 24.0 Å². The van der Waals surface area contributed by atoms with Gasteiger partial charge in [0.1, 0.15) is 12.1 Å². The summed E-state index contributed by atoms with van der Waals surface area (Å²) in [5.74, 6) is 0.183. The van der Waals surface area contributed by atoms with E-state index >= 15 is 0 Å². The average molecular weight is 286 g/mol. The number of hydrogen-bond acceptors (Lipinski definition) is 6. The van der Waals surface area contributed by atoms with Crippen molar-refractivity contribution in [3.63, 3.8) is 0 Å². The lowest BCUT2D eigenvalue weighted by Crippen LogP contribution is -2.04. The number of hydrogen-bond donors (Lipinski definition) is 1. The summed E-state index contributed by atoms with van der Waals surface area (Å²) in [7, 11) is 0. The molecule has 0 spiro atoms. The standard InChI is InChI=1S/C14H14N4O3/c15-13-12(18(19)20)14(17-8-16-13)21-11-6-5-9-3-1-2-4-10(9)7-11/h5-8H,1-4H2,(H2,15,16,17). The Morgan fingerprint density at radius 1 is 1.19 bits per heavy atom. The molecule has 1 aliphatic carbocycles. The minimum absolute atomic E-state index is 0.136. The average Bonchev–Trinajstić information content (AvgIpc) is 2.47. The molecule has 2 aromatic rings. The van der Waals surface area contributed by atoms with Gasteiger partial charge in [0.2, 0.25) is 5.82 Å². The summed E-state index contributed by atoms with van der Waals surface area (Å²) >= 11 is 0. The largest absolute Gasteiger partial charge is 0.434 e. The molecule has 108 valence electrons. The van der Waals surface area contributed by atoms with E-state index in [1.165, 1.54) is 17.5 Å². The van der Waals surface area contributed by atoms with Gasteiger partial charge in [0.25, 0.3) is 0 Å². The molecule has 0 fully saturated rings. The van der Waals surface area contributed by atoms with Crippen molar-refractivity contribution in [3.05, 3.63) is 45.8 Å². The number of ether oxygens (including phenoxy) is 1. The van der Waals surface area contributed by atoms with E-state index in [2.05, 4.69) is 9.97 Å². The van der Waals surface area contributed by atoms with Crippen molar-refractivity contribution in [2.75, 3.05) is 5.73 Å². The van der Waals surface area contributed by atoms with Crippen LogP contribution in [0.3, 0.4) is 0 Å². The monoisotopic (exact) mass is 286 g/mol. The first-order valence-corrected chi connectivity index (χ1v) is 6.69. The van der Waals surface area contributed by atoms with Crippen LogP contribution < -0.4 is 10.5 Å². The highest BCUT2D eigenvalue weighted by Crippen LogP contribution is 2.33. The molecule has 21 heavy (non-hydrogen) atoms. The maximum absolute atomic E-state index is 11.0. The molecule has 0 radical (unpaired) electrons. The van der Waals surface area contributed by atoms with Crippen LogP contribution in [0.5, 0.6) is 11.6 Å². The van der Waals surface area contributed by atoms with Gasteiger partial charge in [-0.1, -0.05) is 6.07 Å². The van der Waals surface area contributed by atoms with Crippen molar-refractivity contribution < 1.29 is 9.66 Å². The highest BCUT2D eigenvalue weighted by molar-refractivity contribution is 5.59. The van der Waals surface area contributed by atoms with Crippen LogP contribution in [0.15, 0.2) is 24.5 Å². The van der Waals surface area contributed by atoms with Crippen LogP contribution in [0.4, 0.5) is 11.5 Å². The van der Waals surface area contributed by atoms with Gasteiger partial charge in [-0.25, -0.2) is 4.98 Å². The topological polar surface area (TPSA) is 104 Å². The number of aryl methyl sites for hydroxylation is 2. The number of nitrogen functional groups attached to an aromatic ring is 1. The molecular formula is C14H14N4O3. The van der Waals surface area contributed by atoms with Gasteiger partial charge in [0, 0.05) is 0 Å². The lowest BCUT2D eigenvalue weighted by molar-refractivity contribution is -0.385. The maximum Gasteiger partial charge on any atom is 0.372 e. The van der Waals surface area contributed by atoms with Gasteiger partial charge in [0.05, 0.1) is 4.92 Å². The van der Waals surface area contributed by atoms with E-state index in [0.717, 1.165) is 25.6 Å². The molecule has 0 atom stereocenters. The summed E-state index contributed by atoms with van der Waals surface area (Å²) in [5, 5.41) is 11.0. The Morgan fingerprint density at radius 2 is 1.95 bits per heavy atom. The first-order chi connectivity index (χ1) is 10.1. The Hall–Kier alpha value is -2.70. The van der Waals surface area contributed by atoms with Crippen LogP contribution in [0, 0.1) is 10.1 Å². The second-order valence-corrected chi connectivity index (χ2v) is 4.91. The first-order valence-electron chi connectivity index (χ1n) is 6.69. The van der Waals surface area contributed by atoms with Crippen molar-refractivity contribution >= 4 is 11.5 Å². The van der Waals surface area contributed by atoms with Crippen LogP contribution in [-0.4, -0.2) is 14.9 Å². The van der Waals surface area contributed by atoms with Crippen molar-refractivity contribution in [2.24, 2.45) is 0 Å². The summed E-state index contributed by atoms with van der Waals surface area (Å²) in [6, 6.07) is 5.71. The van der Waals surface area contributed by atoms with Crippen LogP contribution in [0.2, 0.25) is 0 Å². The van der Waals surface area contributed by atoms with Gasteiger partial charge in [-0.3, -0.25) is 10.1 Å². The van der Waals surface area contributed by atoms with Gasteiger partial charge in [-0.15, -0.1) is 0 Å². The Labute approximate surface area is 120 Å². The zero-order valence-corrected chi connectivity index (χ0v) is 11.3. The number of nitrogens with two attached hydrogens (primary N) is 1. The summed E-state index contributed by atoms with van der Waals surface area (Å²) in [5.41, 5.74) is 7.64. The molecular weight excluding hydrogens is 272 g/mol. The van der Waals surface area contributed by atoms with E-state index in [1.807, 2.05) is 12.1 Å². The Kier molecular flexibility index (Phi) is 3.39. The van der Waals surface area contributed by atoms with Gasteiger partial charge in [-0.2, -0.15) is 4.98 Å². The first kappa shape index (κ1) is 13.3. The Balaban J connectivity index is 1.94. The van der Waals surface area contributed by atoms with Crippen LogP contribution in [0.25, 0.3) is 0 Å². The van der Waals surface area contributed by atoms with E-state index < -0.39 is 10.6 Å². The van der Waals surface area contributed by atoms with Gasteiger partial charge >= 0.3 is 11.6 Å². The SMILES string of the molecule is Nc1ncnc(Oc2ccc3c(c2)CCCC3)c1[N+](=O)[O-]. The molecule has 0 aliphatic heterocycles. The van der Waals surface area contributed by atoms with E-state index in [9.17, 15) is 10.1 Å². The maximum atomic E-state index is 11.0. The summed E-state index contributed by atoms with van der Waals surface area (Å²) < 4.78 is 5.54. The van der Waals surface area contributed by atoms with Crippen molar-refractivity contribution in [1.29, 1.82) is 0 Å². The third-order valence-electron chi connectivity index (χ3n) is 3.53. The third-order valence-corrected chi connectivity index (χ3v) is 3.53. The molecule has 1 heterocycles. The molecule has 0 unspecified atom stereocenters. The molecule has 2 N–H and O–H groups in total. The number of rotatable bonds is 3. The number of fused-ring (bicyclic) bond motifs is 1. The number of nitro groups is 1. The molecule has 0 bridgehead atoms. The minimum atomic E-state index is -0.636. The second kappa shape index (κ2) is 5.35. The predicted molar refractivity (Wildman–Crippen MR) is 76.3 cm³/mol. The molecule has 0 saturated carbocycles. The fourth-order valence-electron chi connectivity index (χ4n) is 2.51. The number of nitrogens with zero attached hydrogens (tertiary/aromatic N) is 3. The zero-order valence-electron chi connectivity index (χ0n) is 11.3. The van der Waals surface area contributed by atoms with E-state index in [-0.39, 0.29) is 11.7 Å². The second-order valence-electron chi connectivity index (χ2n) is 4.91. The highest BCUT2D eigenvalue weighted by atomic mass is 16.6. The van der Waals surface area contributed by atoms with Crippen molar-refractivity contribution in [2.45, 2.75) is 25.7 Å². The zero-order chi connectivity index (χ0) is 14.8. The lowest BCUT2D eigenvalue weighted by atomic mass is 9.92. The summed E-state index contributed by atoms with van der Waals surface area (Å²) in [6.07, 6.45) is 5.56. The normalized spacial score (nSPS) is 13.5. The Morgan fingerprint density at radius 3 is 2.71 bits per heavy atom. The summed E-state index contributed by atoms with van der Waals surface area (Å²) in [4.78, 5) is 17.8. The molecule has 0 saturated heterocycles. The van der Waals surface area contributed by atoms with Crippen molar-refractivity contribution in [3.8, 4) is 11.6 Å². The molecule has 7 heteroatoms. The molecule has 7 nitrogen and oxygen atoms in total. The predicted octanol–water partition coefficient (Wildman–Crippen LogP) is 2.64. The van der Waals surface area contributed by atoms with Gasteiger partial charge in [-0.05, 0) is 48.9 Å². The number of aromatic nitrogens is 2. The highest BCUT2D eigenvalue weighted by Gasteiger charge is 2.23. The summed E-state index contributed by atoms with van der Waals surface area (Å²) in [6.45, 7) is 0. The van der Waals surface area contributed by atoms with Crippen LogP contribution >= 0.6 is 0 Å². The van der Waals surface area contributed by atoms with Crippen molar-refractivity contribution in [1.82, 2.24) is 9.97 Å². The number of benzene rings is 1. The lowest BCUT2D eigenvalue weighted by Gasteiger charge is -2.16. The molecule has 3 rings (SSSR count). The fourth-order valence-corrected chi connectivity index (χ4v) is 2.51. The minimum Gasteiger partial charge on any atom is -0.434 e. The molecule has 1 aliphatic rings. The fraction of sp³-hybridized carbons (Fsp3) is 0.286. The molecule has 0 amide bonds. The quantitative estimate of drug-likeness (QED) is 0.687. The molecule has 1 aromatic heterocycles. The van der Waals surface area contributed by atoms with E-state index in [1.54, 1.807) is 6.07 Å². The Bertz CT molecular complexity index is 703. The van der Waals surface area contributed by atoms with E-state index in [4.69, 9.17) is 10.5 Å². The third kappa shape index (κ3) is 2.62.